The third-order valence-electron chi connectivity index (χ3n) is 4.08. The molecule has 0 spiro atoms. The Kier molecular flexibility index (Phi) is 5.73. The highest BCUT2D eigenvalue weighted by Crippen LogP contribution is 2.17. The molecular formula is C17H22N2O4. The molecule has 124 valence electrons. The van der Waals surface area contributed by atoms with Crippen LogP contribution in [0.4, 0.5) is 0 Å². The molecule has 2 amide bonds. The van der Waals surface area contributed by atoms with Crippen LogP contribution in [-0.2, 0) is 20.8 Å². The average Bonchev–Trinajstić information content (AvgIpc) is 2.52. The van der Waals surface area contributed by atoms with Crippen molar-refractivity contribution >= 4 is 17.8 Å². The number of aliphatic carboxylic acids is 1. The summed E-state index contributed by atoms with van der Waals surface area (Å²) in [6, 6.07) is 7.71. The number of carbonyl (C=O) groups is 3. The molecule has 3 N–H and O–H groups in total. The highest BCUT2D eigenvalue weighted by Gasteiger charge is 2.40. The van der Waals surface area contributed by atoms with Crippen LogP contribution in [0.2, 0.25) is 0 Å². The quantitative estimate of drug-likeness (QED) is 0.701. The van der Waals surface area contributed by atoms with Gasteiger partial charge >= 0.3 is 5.97 Å². The SMILES string of the molecule is CCCCC(C(=O)O)[C@@H]1NC(=O)[C@H](Cc2ccccc2)NC1=O. The fraction of sp³-hybridized carbons (Fsp3) is 0.471. The molecule has 3 atom stereocenters. The summed E-state index contributed by atoms with van der Waals surface area (Å²) in [7, 11) is 0. The lowest BCUT2D eigenvalue weighted by atomic mass is 9.90. The second-order valence-corrected chi connectivity index (χ2v) is 5.82. The zero-order valence-electron chi connectivity index (χ0n) is 13.1. The predicted molar refractivity (Wildman–Crippen MR) is 84.7 cm³/mol. The molecule has 1 fully saturated rings. The van der Waals surface area contributed by atoms with E-state index in [0.717, 1.165) is 12.0 Å². The summed E-state index contributed by atoms with van der Waals surface area (Å²) in [6.45, 7) is 1.95. The number of nitrogens with one attached hydrogen (secondary N) is 2. The summed E-state index contributed by atoms with van der Waals surface area (Å²) in [5.74, 6) is -2.70. The molecule has 1 aromatic carbocycles. The Labute approximate surface area is 135 Å². The minimum Gasteiger partial charge on any atom is -0.481 e. The molecule has 1 saturated heterocycles. The molecular weight excluding hydrogens is 296 g/mol. The summed E-state index contributed by atoms with van der Waals surface area (Å²) < 4.78 is 0. The average molecular weight is 318 g/mol. The van der Waals surface area contributed by atoms with Gasteiger partial charge in [0.1, 0.15) is 12.1 Å². The first-order chi connectivity index (χ1) is 11.0. The van der Waals surface area contributed by atoms with E-state index in [0.29, 0.717) is 19.3 Å². The molecule has 1 aromatic rings. The van der Waals surface area contributed by atoms with E-state index in [9.17, 15) is 19.5 Å². The monoisotopic (exact) mass is 318 g/mol. The molecule has 6 nitrogen and oxygen atoms in total. The molecule has 0 radical (unpaired) electrons. The van der Waals surface area contributed by atoms with E-state index in [4.69, 9.17) is 0 Å². The maximum atomic E-state index is 12.3. The molecule has 0 saturated carbocycles. The molecule has 1 aliphatic rings. The fourth-order valence-electron chi connectivity index (χ4n) is 2.78. The van der Waals surface area contributed by atoms with Crippen LogP contribution in [0.5, 0.6) is 0 Å². The molecule has 0 aromatic heterocycles. The van der Waals surface area contributed by atoms with Gasteiger partial charge in [0, 0.05) is 6.42 Å². The van der Waals surface area contributed by atoms with Crippen LogP contribution in [0.25, 0.3) is 0 Å². The number of carbonyl (C=O) groups excluding carboxylic acids is 2. The van der Waals surface area contributed by atoms with Crippen molar-refractivity contribution in [1.82, 2.24) is 10.6 Å². The zero-order valence-corrected chi connectivity index (χ0v) is 13.1. The number of hydrogen-bond donors (Lipinski definition) is 3. The van der Waals surface area contributed by atoms with Crippen molar-refractivity contribution < 1.29 is 19.5 Å². The Hall–Kier alpha value is -2.37. The first-order valence-electron chi connectivity index (χ1n) is 7.90. The predicted octanol–water partition coefficient (Wildman–Crippen LogP) is 1.10. The number of rotatable bonds is 7. The van der Waals surface area contributed by atoms with E-state index in [1.807, 2.05) is 37.3 Å². The number of hydrogen-bond acceptors (Lipinski definition) is 3. The number of carboxylic acids is 1. The smallest absolute Gasteiger partial charge is 0.309 e. The minimum atomic E-state index is -1.06. The highest BCUT2D eigenvalue weighted by molar-refractivity contribution is 5.99. The van der Waals surface area contributed by atoms with Crippen molar-refractivity contribution in [2.75, 3.05) is 0 Å². The first-order valence-corrected chi connectivity index (χ1v) is 7.90. The summed E-state index contributed by atoms with van der Waals surface area (Å²) >= 11 is 0. The molecule has 0 aliphatic carbocycles. The van der Waals surface area contributed by atoms with Gasteiger partial charge in [0.15, 0.2) is 0 Å². The lowest BCUT2D eigenvalue weighted by molar-refractivity contribution is -0.149. The maximum Gasteiger partial charge on any atom is 0.309 e. The van der Waals surface area contributed by atoms with E-state index >= 15 is 0 Å². The van der Waals surface area contributed by atoms with Gasteiger partial charge in [-0.3, -0.25) is 14.4 Å². The number of amides is 2. The molecule has 2 rings (SSSR count). The summed E-state index contributed by atoms with van der Waals surface area (Å²) in [5, 5.41) is 14.6. The maximum absolute atomic E-state index is 12.3. The lowest BCUT2D eigenvalue weighted by Gasteiger charge is -2.32. The van der Waals surface area contributed by atoms with Crippen LogP contribution in [-0.4, -0.2) is 35.0 Å². The van der Waals surface area contributed by atoms with E-state index < -0.39 is 29.9 Å². The number of carboxylic acid groups (broad SMARTS) is 1. The van der Waals surface area contributed by atoms with Crippen molar-refractivity contribution in [1.29, 1.82) is 0 Å². The Morgan fingerprint density at radius 1 is 1.17 bits per heavy atom. The van der Waals surface area contributed by atoms with Crippen LogP contribution < -0.4 is 10.6 Å². The molecule has 23 heavy (non-hydrogen) atoms. The Balaban J connectivity index is 2.04. The third kappa shape index (κ3) is 4.31. The van der Waals surface area contributed by atoms with Crippen molar-refractivity contribution in [3.63, 3.8) is 0 Å². The van der Waals surface area contributed by atoms with Crippen LogP contribution in [0.15, 0.2) is 30.3 Å². The van der Waals surface area contributed by atoms with Crippen LogP contribution in [0, 0.1) is 5.92 Å². The zero-order chi connectivity index (χ0) is 16.8. The van der Waals surface area contributed by atoms with E-state index in [-0.39, 0.29) is 5.91 Å². The molecule has 1 aliphatic heterocycles. The number of benzene rings is 1. The number of piperazine rings is 1. The van der Waals surface area contributed by atoms with Crippen molar-refractivity contribution in [3.8, 4) is 0 Å². The van der Waals surface area contributed by atoms with Crippen molar-refractivity contribution in [3.05, 3.63) is 35.9 Å². The third-order valence-corrected chi connectivity index (χ3v) is 4.08. The second-order valence-electron chi connectivity index (χ2n) is 5.82. The largest absolute Gasteiger partial charge is 0.481 e. The lowest BCUT2D eigenvalue weighted by Crippen LogP contribution is -2.65. The summed E-state index contributed by atoms with van der Waals surface area (Å²) in [4.78, 5) is 35.9. The summed E-state index contributed by atoms with van der Waals surface area (Å²) in [5.41, 5.74) is 0.937. The molecule has 0 bridgehead atoms. The second kappa shape index (κ2) is 7.76. The van der Waals surface area contributed by atoms with Crippen LogP contribution >= 0.6 is 0 Å². The fourth-order valence-corrected chi connectivity index (χ4v) is 2.78. The van der Waals surface area contributed by atoms with Gasteiger partial charge in [-0.2, -0.15) is 0 Å². The Bertz CT molecular complexity index is 573. The van der Waals surface area contributed by atoms with Gasteiger partial charge < -0.3 is 15.7 Å². The first kappa shape index (κ1) is 17.0. The van der Waals surface area contributed by atoms with Gasteiger partial charge in [-0.1, -0.05) is 50.1 Å². The molecule has 1 heterocycles. The van der Waals surface area contributed by atoms with E-state index in [1.165, 1.54) is 0 Å². The van der Waals surface area contributed by atoms with Gasteiger partial charge in [0.25, 0.3) is 0 Å². The highest BCUT2D eigenvalue weighted by atomic mass is 16.4. The van der Waals surface area contributed by atoms with Crippen molar-refractivity contribution in [2.24, 2.45) is 5.92 Å². The number of unbranched alkanes of at least 4 members (excludes halogenated alkanes) is 1. The van der Waals surface area contributed by atoms with Gasteiger partial charge in [0.2, 0.25) is 11.8 Å². The van der Waals surface area contributed by atoms with Gasteiger partial charge in [-0.15, -0.1) is 0 Å². The van der Waals surface area contributed by atoms with Gasteiger partial charge in [-0.25, -0.2) is 0 Å². The van der Waals surface area contributed by atoms with E-state index in [2.05, 4.69) is 10.6 Å². The van der Waals surface area contributed by atoms with Crippen molar-refractivity contribution in [2.45, 2.75) is 44.7 Å². The van der Waals surface area contributed by atoms with Gasteiger partial charge in [-0.05, 0) is 12.0 Å². The topological polar surface area (TPSA) is 95.5 Å². The molecule has 6 heteroatoms. The standard InChI is InChI=1S/C17H22N2O4/c1-2-3-9-12(17(22)23)14-16(21)18-13(15(20)19-14)10-11-7-5-4-6-8-11/h4-8,12-14H,2-3,9-10H2,1H3,(H,18,21)(H,19,20)(H,22,23)/t12?,13-,14-/m0/s1. The Morgan fingerprint density at radius 3 is 2.48 bits per heavy atom. The van der Waals surface area contributed by atoms with Crippen LogP contribution in [0.3, 0.4) is 0 Å². The van der Waals surface area contributed by atoms with Gasteiger partial charge in [0.05, 0.1) is 5.92 Å². The normalized spacial score (nSPS) is 22.1. The minimum absolute atomic E-state index is 0.332. The van der Waals surface area contributed by atoms with E-state index in [1.54, 1.807) is 0 Å². The Morgan fingerprint density at radius 2 is 1.87 bits per heavy atom. The van der Waals surface area contributed by atoms with Crippen LogP contribution in [0.1, 0.15) is 31.7 Å². The summed E-state index contributed by atoms with van der Waals surface area (Å²) in [6.07, 6.45) is 2.29. The molecule has 1 unspecified atom stereocenters.